The Hall–Kier alpha value is -1.84. The predicted molar refractivity (Wildman–Crippen MR) is 80.8 cm³/mol. The van der Waals surface area contributed by atoms with Gasteiger partial charge in [-0.25, -0.2) is 0 Å². The number of benzene rings is 1. The SMILES string of the molecule is Cc1ccc(C(C)N2C(=O)CC(C)C(C(=O)O)C2C)cc1. The smallest absolute Gasteiger partial charge is 0.308 e. The molecule has 1 fully saturated rings. The lowest BCUT2D eigenvalue weighted by atomic mass is 9.80. The van der Waals surface area contributed by atoms with Gasteiger partial charge in [0.15, 0.2) is 0 Å². The summed E-state index contributed by atoms with van der Waals surface area (Å²) >= 11 is 0. The van der Waals surface area contributed by atoms with E-state index in [4.69, 9.17) is 0 Å². The van der Waals surface area contributed by atoms with E-state index in [-0.39, 0.29) is 23.9 Å². The van der Waals surface area contributed by atoms with Crippen LogP contribution in [-0.4, -0.2) is 27.9 Å². The standard InChI is InChI=1S/C17H23NO3/c1-10-5-7-14(8-6-10)12(3)18-13(4)16(17(20)21)11(2)9-15(18)19/h5-8,11-13,16H,9H2,1-4H3,(H,20,21). The van der Waals surface area contributed by atoms with Gasteiger partial charge in [0, 0.05) is 12.5 Å². The fourth-order valence-corrected chi connectivity index (χ4v) is 3.41. The molecule has 1 aromatic rings. The highest BCUT2D eigenvalue weighted by atomic mass is 16.4. The number of hydrogen-bond acceptors (Lipinski definition) is 2. The third-order valence-corrected chi connectivity index (χ3v) is 4.62. The zero-order valence-electron chi connectivity index (χ0n) is 13.0. The van der Waals surface area contributed by atoms with Crippen molar-refractivity contribution < 1.29 is 14.7 Å². The van der Waals surface area contributed by atoms with Gasteiger partial charge < -0.3 is 10.0 Å². The number of nitrogens with zero attached hydrogens (tertiary/aromatic N) is 1. The van der Waals surface area contributed by atoms with Crippen molar-refractivity contribution in [3.63, 3.8) is 0 Å². The van der Waals surface area contributed by atoms with Gasteiger partial charge in [0.25, 0.3) is 0 Å². The Labute approximate surface area is 125 Å². The van der Waals surface area contributed by atoms with Crippen molar-refractivity contribution >= 4 is 11.9 Å². The average Bonchev–Trinajstić information content (AvgIpc) is 2.38. The Bertz CT molecular complexity index is 537. The zero-order valence-corrected chi connectivity index (χ0v) is 13.0. The molecule has 4 unspecified atom stereocenters. The quantitative estimate of drug-likeness (QED) is 0.930. The van der Waals surface area contributed by atoms with E-state index in [0.29, 0.717) is 6.42 Å². The van der Waals surface area contributed by atoms with Gasteiger partial charge in [-0.3, -0.25) is 9.59 Å². The molecule has 0 bridgehead atoms. The van der Waals surface area contributed by atoms with E-state index in [9.17, 15) is 14.7 Å². The molecule has 4 nitrogen and oxygen atoms in total. The van der Waals surface area contributed by atoms with Gasteiger partial charge in [-0.1, -0.05) is 36.8 Å². The van der Waals surface area contributed by atoms with Crippen LogP contribution in [0.4, 0.5) is 0 Å². The van der Waals surface area contributed by atoms with Gasteiger partial charge in [-0.2, -0.15) is 0 Å². The first-order valence-electron chi connectivity index (χ1n) is 7.43. The number of rotatable bonds is 3. The minimum atomic E-state index is -0.816. The van der Waals surface area contributed by atoms with Gasteiger partial charge in [0.2, 0.25) is 5.91 Å². The summed E-state index contributed by atoms with van der Waals surface area (Å²) in [5, 5.41) is 9.43. The number of amides is 1. The Morgan fingerprint density at radius 1 is 1.29 bits per heavy atom. The maximum Gasteiger partial charge on any atom is 0.308 e. The van der Waals surface area contributed by atoms with Gasteiger partial charge in [-0.15, -0.1) is 0 Å². The van der Waals surface area contributed by atoms with E-state index < -0.39 is 11.9 Å². The Morgan fingerprint density at radius 2 is 1.86 bits per heavy atom. The molecule has 4 heteroatoms. The van der Waals surface area contributed by atoms with Crippen LogP contribution in [0.15, 0.2) is 24.3 Å². The summed E-state index contributed by atoms with van der Waals surface area (Å²) in [6, 6.07) is 7.64. The molecule has 0 radical (unpaired) electrons. The first kappa shape index (κ1) is 15.5. The summed E-state index contributed by atoms with van der Waals surface area (Å²) in [6.07, 6.45) is 0.303. The lowest BCUT2D eigenvalue weighted by Crippen LogP contribution is -2.53. The van der Waals surface area contributed by atoms with Crippen molar-refractivity contribution in [3.05, 3.63) is 35.4 Å². The molecule has 1 aliphatic rings. The minimum Gasteiger partial charge on any atom is -0.481 e. The van der Waals surface area contributed by atoms with Crippen LogP contribution in [0.5, 0.6) is 0 Å². The van der Waals surface area contributed by atoms with Gasteiger partial charge in [0.1, 0.15) is 0 Å². The fourth-order valence-electron chi connectivity index (χ4n) is 3.41. The number of carbonyl (C=O) groups excluding carboxylic acids is 1. The highest BCUT2D eigenvalue weighted by Crippen LogP contribution is 2.35. The highest BCUT2D eigenvalue weighted by Gasteiger charge is 2.43. The van der Waals surface area contributed by atoms with Crippen LogP contribution in [-0.2, 0) is 9.59 Å². The summed E-state index contributed by atoms with van der Waals surface area (Å²) in [6.45, 7) is 7.68. The minimum absolute atomic E-state index is 0.0422. The maximum absolute atomic E-state index is 12.4. The Kier molecular flexibility index (Phi) is 4.35. The third kappa shape index (κ3) is 2.94. The normalized spacial score (nSPS) is 27.5. The molecule has 0 saturated carbocycles. The second kappa shape index (κ2) is 5.88. The summed E-state index contributed by atoms with van der Waals surface area (Å²) in [5.41, 5.74) is 2.21. The van der Waals surface area contributed by atoms with Crippen molar-refractivity contribution in [2.45, 2.75) is 46.2 Å². The topological polar surface area (TPSA) is 57.6 Å². The molecule has 1 aliphatic heterocycles. The molecule has 2 rings (SSSR count). The summed E-state index contributed by atoms with van der Waals surface area (Å²) in [4.78, 5) is 25.6. The van der Waals surface area contributed by atoms with Gasteiger partial charge in [0.05, 0.1) is 12.0 Å². The first-order chi connectivity index (χ1) is 9.82. The Morgan fingerprint density at radius 3 is 2.38 bits per heavy atom. The van der Waals surface area contributed by atoms with E-state index in [1.54, 1.807) is 4.90 Å². The number of piperidine rings is 1. The number of carboxylic acid groups (broad SMARTS) is 1. The van der Waals surface area contributed by atoms with Gasteiger partial charge >= 0.3 is 5.97 Å². The van der Waals surface area contributed by atoms with Crippen LogP contribution >= 0.6 is 0 Å². The summed E-state index contributed by atoms with van der Waals surface area (Å²) < 4.78 is 0. The first-order valence-corrected chi connectivity index (χ1v) is 7.43. The maximum atomic E-state index is 12.4. The Balaban J connectivity index is 2.30. The third-order valence-electron chi connectivity index (χ3n) is 4.62. The molecule has 0 aliphatic carbocycles. The fraction of sp³-hybridized carbons (Fsp3) is 0.529. The van der Waals surface area contributed by atoms with E-state index in [1.807, 2.05) is 52.0 Å². The zero-order chi connectivity index (χ0) is 15.7. The largest absolute Gasteiger partial charge is 0.481 e. The van der Waals surface area contributed by atoms with Crippen LogP contribution < -0.4 is 0 Å². The van der Waals surface area contributed by atoms with Crippen molar-refractivity contribution in [1.82, 2.24) is 4.90 Å². The second-order valence-electron chi connectivity index (χ2n) is 6.17. The van der Waals surface area contributed by atoms with Crippen LogP contribution in [0.1, 0.15) is 44.4 Å². The lowest BCUT2D eigenvalue weighted by molar-refractivity contribution is -0.156. The van der Waals surface area contributed by atoms with Crippen LogP contribution in [0.3, 0.4) is 0 Å². The van der Waals surface area contributed by atoms with E-state index >= 15 is 0 Å². The monoisotopic (exact) mass is 289 g/mol. The average molecular weight is 289 g/mol. The molecule has 1 saturated heterocycles. The molecule has 114 valence electrons. The number of aliphatic carboxylic acids is 1. The molecule has 1 aromatic carbocycles. The molecule has 4 atom stereocenters. The number of aryl methyl sites for hydroxylation is 1. The van der Waals surface area contributed by atoms with Crippen LogP contribution in [0.25, 0.3) is 0 Å². The lowest BCUT2D eigenvalue weighted by Gasteiger charge is -2.44. The predicted octanol–water partition coefficient (Wildman–Crippen LogP) is 3.01. The van der Waals surface area contributed by atoms with E-state index in [1.165, 1.54) is 5.56 Å². The van der Waals surface area contributed by atoms with E-state index in [2.05, 4.69) is 0 Å². The number of carbonyl (C=O) groups is 2. The molecule has 1 amide bonds. The molecule has 0 aromatic heterocycles. The number of carboxylic acids is 1. The molecular formula is C17H23NO3. The highest BCUT2D eigenvalue weighted by molar-refractivity contribution is 5.82. The van der Waals surface area contributed by atoms with Crippen molar-refractivity contribution in [2.75, 3.05) is 0 Å². The summed E-state index contributed by atoms with van der Waals surface area (Å²) in [5.74, 6) is -1.40. The summed E-state index contributed by atoms with van der Waals surface area (Å²) in [7, 11) is 0. The van der Waals surface area contributed by atoms with Crippen LogP contribution in [0, 0.1) is 18.8 Å². The number of hydrogen-bond donors (Lipinski definition) is 1. The molecule has 1 N–H and O–H groups in total. The molecule has 0 spiro atoms. The van der Waals surface area contributed by atoms with E-state index in [0.717, 1.165) is 5.56 Å². The van der Waals surface area contributed by atoms with Gasteiger partial charge in [-0.05, 0) is 32.3 Å². The van der Waals surface area contributed by atoms with Crippen LogP contribution in [0.2, 0.25) is 0 Å². The molecular weight excluding hydrogens is 266 g/mol. The van der Waals surface area contributed by atoms with Crippen molar-refractivity contribution in [2.24, 2.45) is 11.8 Å². The van der Waals surface area contributed by atoms with Crippen molar-refractivity contribution in [3.8, 4) is 0 Å². The second-order valence-corrected chi connectivity index (χ2v) is 6.17. The number of likely N-dealkylation sites (tertiary alicyclic amines) is 1. The van der Waals surface area contributed by atoms with Crippen molar-refractivity contribution in [1.29, 1.82) is 0 Å². The molecule has 1 heterocycles. The molecule has 21 heavy (non-hydrogen) atoms.